The number of aromatic amines is 2. The third-order valence-electron chi connectivity index (χ3n) is 4.01. The van der Waals surface area contributed by atoms with E-state index in [0.29, 0.717) is 16.1 Å². The molecule has 0 spiro atoms. The summed E-state index contributed by atoms with van der Waals surface area (Å²) in [6, 6.07) is 13.3. The van der Waals surface area contributed by atoms with E-state index in [9.17, 15) is 9.59 Å². The zero-order chi connectivity index (χ0) is 16.1. The van der Waals surface area contributed by atoms with E-state index in [1.165, 1.54) is 7.05 Å². The van der Waals surface area contributed by atoms with E-state index in [2.05, 4.69) is 9.97 Å². The summed E-state index contributed by atoms with van der Waals surface area (Å²) in [4.78, 5) is 29.9. The predicted octanol–water partition coefficient (Wildman–Crippen LogP) is 3.03. The summed E-state index contributed by atoms with van der Waals surface area (Å²) in [5.41, 5.74) is 2.91. The van der Waals surface area contributed by atoms with Gasteiger partial charge in [0.2, 0.25) is 0 Å². The lowest BCUT2D eigenvalue weighted by Gasteiger charge is -2.02. The van der Waals surface area contributed by atoms with Gasteiger partial charge in [-0.3, -0.25) is 9.36 Å². The number of aromatic nitrogens is 3. The van der Waals surface area contributed by atoms with Gasteiger partial charge in [0.1, 0.15) is 5.52 Å². The van der Waals surface area contributed by atoms with Crippen LogP contribution in [0, 0.1) is 0 Å². The minimum atomic E-state index is -0.428. The maximum absolute atomic E-state index is 12.2. The summed E-state index contributed by atoms with van der Waals surface area (Å²) in [6.07, 6.45) is 0. The van der Waals surface area contributed by atoms with Crippen LogP contribution in [0.1, 0.15) is 0 Å². The van der Waals surface area contributed by atoms with Crippen LogP contribution in [-0.4, -0.2) is 14.5 Å². The van der Waals surface area contributed by atoms with Crippen molar-refractivity contribution in [1.29, 1.82) is 0 Å². The van der Waals surface area contributed by atoms with E-state index < -0.39 is 5.69 Å². The van der Waals surface area contributed by atoms with Crippen molar-refractivity contribution in [3.63, 3.8) is 0 Å². The zero-order valence-corrected chi connectivity index (χ0v) is 12.9. The van der Waals surface area contributed by atoms with Gasteiger partial charge in [-0.2, -0.15) is 0 Å². The molecule has 0 amide bonds. The minimum absolute atomic E-state index is 0.343. The van der Waals surface area contributed by atoms with Gasteiger partial charge >= 0.3 is 5.69 Å². The number of hydrogen-bond donors (Lipinski definition) is 2. The summed E-state index contributed by atoms with van der Waals surface area (Å²) in [5.74, 6) is 0. The maximum atomic E-state index is 12.2. The zero-order valence-electron chi connectivity index (χ0n) is 12.2. The minimum Gasteiger partial charge on any atom is -0.349 e. The first-order valence-corrected chi connectivity index (χ1v) is 7.43. The molecule has 4 rings (SSSR count). The van der Waals surface area contributed by atoms with Gasteiger partial charge in [0, 0.05) is 23.0 Å². The van der Waals surface area contributed by atoms with E-state index in [-0.39, 0.29) is 5.56 Å². The van der Waals surface area contributed by atoms with Gasteiger partial charge in [0.25, 0.3) is 5.56 Å². The Kier molecular flexibility index (Phi) is 2.92. The molecule has 0 radical (unpaired) electrons. The Hall–Kier alpha value is -2.79. The highest BCUT2D eigenvalue weighted by Crippen LogP contribution is 2.28. The molecule has 0 bridgehead atoms. The maximum Gasteiger partial charge on any atom is 0.328 e. The first kappa shape index (κ1) is 13.8. The van der Waals surface area contributed by atoms with Crippen LogP contribution < -0.4 is 11.2 Å². The topological polar surface area (TPSA) is 70.7 Å². The van der Waals surface area contributed by atoms with Crippen LogP contribution in [-0.2, 0) is 7.05 Å². The molecular formula is C17H12ClN3O2. The Bertz CT molecular complexity index is 1180. The van der Waals surface area contributed by atoms with Crippen LogP contribution in [0.4, 0.5) is 0 Å². The second kappa shape index (κ2) is 4.86. The van der Waals surface area contributed by atoms with Crippen LogP contribution in [0.2, 0.25) is 5.02 Å². The Balaban J connectivity index is 2.04. The van der Waals surface area contributed by atoms with Crippen molar-refractivity contribution in [3.8, 4) is 11.1 Å². The van der Waals surface area contributed by atoms with Gasteiger partial charge in [-0.15, -0.1) is 0 Å². The Labute approximate surface area is 135 Å². The average molecular weight is 326 g/mol. The van der Waals surface area contributed by atoms with Gasteiger partial charge in [-0.1, -0.05) is 35.9 Å². The molecule has 0 fully saturated rings. The van der Waals surface area contributed by atoms with Crippen molar-refractivity contribution in [3.05, 3.63) is 68.3 Å². The molecule has 23 heavy (non-hydrogen) atoms. The smallest absolute Gasteiger partial charge is 0.328 e. The summed E-state index contributed by atoms with van der Waals surface area (Å²) in [6.45, 7) is 0. The lowest BCUT2D eigenvalue weighted by atomic mass is 10.0. The van der Waals surface area contributed by atoms with Crippen LogP contribution >= 0.6 is 11.6 Å². The summed E-state index contributed by atoms with van der Waals surface area (Å²) in [7, 11) is 1.45. The van der Waals surface area contributed by atoms with Crippen molar-refractivity contribution in [2.45, 2.75) is 0 Å². The molecule has 0 unspecified atom stereocenters. The first-order chi connectivity index (χ1) is 11.0. The number of nitrogens with one attached hydrogen (secondary N) is 2. The van der Waals surface area contributed by atoms with Crippen molar-refractivity contribution in [1.82, 2.24) is 14.5 Å². The molecule has 5 nitrogen and oxygen atoms in total. The molecule has 114 valence electrons. The van der Waals surface area contributed by atoms with Gasteiger partial charge in [0.15, 0.2) is 0 Å². The fourth-order valence-electron chi connectivity index (χ4n) is 2.79. The number of benzene rings is 2. The Morgan fingerprint density at radius 3 is 2.52 bits per heavy atom. The second-order valence-corrected chi connectivity index (χ2v) is 5.88. The lowest BCUT2D eigenvalue weighted by molar-refractivity contribution is 0.792. The molecule has 4 aromatic rings. The van der Waals surface area contributed by atoms with E-state index in [4.69, 9.17) is 11.6 Å². The number of fused-ring (bicyclic) bond motifs is 3. The molecule has 2 aromatic heterocycles. The monoisotopic (exact) mass is 325 g/mol. The lowest BCUT2D eigenvalue weighted by Crippen LogP contribution is -2.32. The van der Waals surface area contributed by atoms with Crippen LogP contribution in [0.15, 0.2) is 52.1 Å². The van der Waals surface area contributed by atoms with E-state index in [1.807, 2.05) is 42.5 Å². The number of halogens is 1. The van der Waals surface area contributed by atoms with Gasteiger partial charge in [-0.05, 0) is 29.3 Å². The van der Waals surface area contributed by atoms with E-state index in [0.717, 1.165) is 26.6 Å². The summed E-state index contributed by atoms with van der Waals surface area (Å²) >= 11 is 6.04. The number of rotatable bonds is 1. The third-order valence-corrected chi connectivity index (χ3v) is 4.25. The van der Waals surface area contributed by atoms with E-state index in [1.54, 1.807) is 0 Å². The highest BCUT2D eigenvalue weighted by atomic mass is 35.5. The fraction of sp³-hybridized carbons (Fsp3) is 0.0588. The predicted molar refractivity (Wildman–Crippen MR) is 92.1 cm³/mol. The van der Waals surface area contributed by atoms with Crippen molar-refractivity contribution in [2.24, 2.45) is 7.05 Å². The number of H-pyrrole nitrogens is 2. The van der Waals surface area contributed by atoms with Crippen molar-refractivity contribution < 1.29 is 0 Å². The quantitative estimate of drug-likeness (QED) is 0.564. The fourth-order valence-corrected chi connectivity index (χ4v) is 2.98. The first-order valence-electron chi connectivity index (χ1n) is 7.05. The molecular weight excluding hydrogens is 314 g/mol. The van der Waals surface area contributed by atoms with Crippen molar-refractivity contribution in [2.75, 3.05) is 0 Å². The molecule has 0 aliphatic carbocycles. The largest absolute Gasteiger partial charge is 0.349 e. The number of hydrogen-bond acceptors (Lipinski definition) is 2. The van der Waals surface area contributed by atoms with Gasteiger partial charge in [0.05, 0.1) is 5.52 Å². The third kappa shape index (κ3) is 2.09. The summed E-state index contributed by atoms with van der Waals surface area (Å²) < 4.78 is 1.05. The van der Waals surface area contributed by atoms with Crippen LogP contribution in [0.25, 0.3) is 33.1 Å². The van der Waals surface area contributed by atoms with Gasteiger partial charge < -0.3 is 9.97 Å². The molecule has 0 saturated heterocycles. The van der Waals surface area contributed by atoms with Gasteiger partial charge in [-0.25, -0.2) is 4.79 Å². The average Bonchev–Trinajstić information content (AvgIpc) is 2.91. The van der Waals surface area contributed by atoms with Crippen molar-refractivity contribution >= 4 is 33.5 Å². The highest BCUT2D eigenvalue weighted by Gasteiger charge is 2.11. The molecule has 2 N–H and O–H groups in total. The Morgan fingerprint density at radius 2 is 1.74 bits per heavy atom. The van der Waals surface area contributed by atoms with E-state index >= 15 is 0 Å². The Morgan fingerprint density at radius 1 is 0.957 bits per heavy atom. The standard InChI is InChI=1S/C17H12ClN3O2/c1-21-16(22)15-14(20-17(21)23)12-6-5-10(8-13(12)19-15)9-3-2-4-11(18)7-9/h2-8,19H,1H3,(H,20,23). The number of nitrogens with zero attached hydrogens (tertiary/aromatic N) is 1. The molecule has 6 heteroatoms. The molecule has 2 aromatic carbocycles. The normalized spacial score (nSPS) is 11.4. The highest BCUT2D eigenvalue weighted by molar-refractivity contribution is 6.30. The second-order valence-electron chi connectivity index (χ2n) is 5.44. The molecule has 2 heterocycles. The molecule has 0 aliphatic rings. The van der Waals surface area contributed by atoms with Crippen LogP contribution in [0.5, 0.6) is 0 Å². The summed E-state index contributed by atoms with van der Waals surface area (Å²) in [5, 5.41) is 1.47. The SMILES string of the molecule is Cn1c(=O)[nH]c2c([nH]c3cc(-c4cccc(Cl)c4)ccc32)c1=O. The molecule has 0 atom stereocenters. The molecule has 0 saturated carbocycles. The van der Waals surface area contributed by atoms with Crippen LogP contribution in [0.3, 0.4) is 0 Å². The molecule has 0 aliphatic heterocycles.